The first kappa shape index (κ1) is 23.4. The van der Waals surface area contributed by atoms with Crippen molar-refractivity contribution in [2.24, 2.45) is 7.05 Å². The molecular weight excluding hydrogens is 466 g/mol. The summed E-state index contributed by atoms with van der Waals surface area (Å²) < 4.78 is 44.4. The van der Waals surface area contributed by atoms with Crippen LogP contribution in [0.5, 0.6) is 5.75 Å². The molecule has 0 unspecified atom stereocenters. The molecular formula is C22H23N3O8S. The molecule has 34 heavy (non-hydrogen) atoms. The van der Waals surface area contributed by atoms with Gasteiger partial charge in [-0.05, 0) is 30.2 Å². The summed E-state index contributed by atoms with van der Waals surface area (Å²) in [5, 5.41) is 0. The number of imidazole rings is 1. The summed E-state index contributed by atoms with van der Waals surface area (Å²) in [4.78, 5) is 37.1. The topological polar surface area (TPSA) is 132 Å². The number of aromatic nitrogens is 3. The van der Waals surface area contributed by atoms with Crippen LogP contribution in [-0.2, 0) is 33.1 Å². The number of carbonyl (C=O) groups is 1. The Morgan fingerprint density at radius 2 is 1.85 bits per heavy atom. The summed E-state index contributed by atoms with van der Waals surface area (Å²) in [7, 11) is -1.88. The quantitative estimate of drug-likeness (QED) is 0.340. The fourth-order valence-corrected chi connectivity index (χ4v) is 5.00. The summed E-state index contributed by atoms with van der Waals surface area (Å²) in [5.74, 6) is -2.06. The first-order chi connectivity index (χ1) is 16.2. The minimum atomic E-state index is -4.43. The van der Waals surface area contributed by atoms with E-state index in [-0.39, 0.29) is 23.2 Å². The van der Waals surface area contributed by atoms with Gasteiger partial charge in [0.2, 0.25) is 0 Å². The Kier molecular flexibility index (Phi) is 6.09. The molecule has 0 N–H and O–H groups in total. The van der Waals surface area contributed by atoms with Gasteiger partial charge in [-0.15, -0.1) is 0 Å². The highest BCUT2D eigenvalue weighted by molar-refractivity contribution is 7.90. The lowest BCUT2D eigenvalue weighted by atomic mass is 10.2. The molecule has 2 heterocycles. The summed E-state index contributed by atoms with van der Waals surface area (Å²) >= 11 is 0. The largest absolute Gasteiger partial charge is 0.494 e. The van der Waals surface area contributed by atoms with Crippen molar-refractivity contribution in [1.29, 1.82) is 0 Å². The number of hydrogen-bond acceptors (Lipinski definition) is 8. The van der Waals surface area contributed by atoms with Crippen LogP contribution in [0, 0.1) is 0 Å². The van der Waals surface area contributed by atoms with Crippen LogP contribution in [0.3, 0.4) is 0 Å². The summed E-state index contributed by atoms with van der Waals surface area (Å²) in [6.45, 7) is 2.54. The van der Waals surface area contributed by atoms with Crippen LogP contribution in [-0.4, -0.2) is 47.0 Å². The predicted octanol–water partition coefficient (Wildman–Crippen LogP) is 1.44. The maximum atomic E-state index is 13.4. The van der Waals surface area contributed by atoms with Crippen molar-refractivity contribution < 1.29 is 27.1 Å². The van der Waals surface area contributed by atoms with Crippen molar-refractivity contribution in [2.45, 2.75) is 19.9 Å². The average Bonchev–Trinajstić information content (AvgIpc) is 3.23. The molecule has 12 heteroatoms. The fraction of sp³-hybridized carbons (Fsp3) is 0.318. The number of carbonyl (C=O) groups excluding carboxylic acids is 1. The van der Waals surface area contributed by atoms with Gasteiger partial charge in [0.25, 0.3) is 10.0 Å². The molecule has 180 valence electrons. The molecule has 0 aliphatic carbocycles. The molecule has 0 saturated heterocycles. The van der Waals surface area contributed by atoms with Crippen molar-refractivity contribution >= 4 is 38.1 Å². The van der Waals surface area contributed by atoms with Crippen molar-refractivity contribution in [3.8, 4) is 5.75 Å². The minimum absolute atomic E-state index is 0.0193. The number of nitrogens with zero attached hydrogens (tertiary/aromatic N) is 3. The predicted molar refractivity (Wildman–Crippen MR) is 124 cm³/mol. The van der Waals surface area contributed by atoms with Crippen LogP contribution < -0.4 is 16.2 Å². The van der Waals surface area contributed by atoms with Gasteiger partial charge >= 0.3 is 17.4 Å². The second-order valence-electron chi connectivity index (χ2n) is 7.70. The lowest BCUT2D eigenvalue weighted by molar-refractivity contribution is -0.137. The average molecular weight is 490 g/mol. The van der Waals surface area contributed by atoms with Gasteiger partial charge in [0.15, 0.2) is 11.3 Å². The van der Waals surface area contributed by atoms with Crippen LogP contribution in [0.2, 0.25) is 0 Å². The fourth-order valence-electron chi connectivity index (χ4n) is 3.68. The molecule has 2 aromatic heterocycles. The van der Waals surface area contributed by atoms with Crippen LogP contribution in [0.1, 0.15) is 18.9 Å². The van der Waals surface area contributed by atoms with Gasteiger partial charge < -0.3 is 13.9 Å². The highest BCUT2D eigenvalue weighted by Gasteiger charge is 2.28. The van der Waals surface area contributed by atoms with Crippen molar-refractivity contribution in [3.63, 3.8) is 0 Å². The number of oxazole rings is 1. The third kappa shape index (κ3) is 4.12. The molecule has 0 radical (unpaired) electrons. The smallest absolute Gasteiger partial charge is 0.419 e. The maximum absolute atomic E-state index is 13.4. The third-order valence-electron chi connectivity index (χ3n) is 5.32. The van der Waals surface area contributed by atoms with Gasteiger partial charge in [0.1, 0.15) is 5.75 Å². The number of hydrogen-bond donors (Lipinski definition) is 0. The van der Waals surface area contributed by atoms with Crippen molar-refractivity contribution in [1.82, 2.24) is 13.1 Å². The summed E-state index contributed by atoms with van der Waals surface area (Å²) in [6.07, 6.45) is 0.828. The molecule has 0 spiro atoms. The van der Waals surface area contributed by atoms with E-state index in [9.17, 15) is 22.8 Å². The molecule has 11 nitrogen and oxygen atoms in total. The zero-order valence-corrected chi connectivity index (χ0v) is 19.6. The number of ether oxygens (including phenoxy) is 2. The van der Waals surface area contributed by atoms with Crippen molar-refractivity contribution in [2.75, 3.05) is 19.5 Å². The first-order valence-corrected chi connectivity index (χ1v) is 12.0. The second-order valence-corrected chi connectivity index (χ2v) is 9.51. The van der Waals surface area contributed by atoms with E-state index < -0.39 is 33.2 Å². The van der Waals surface area contributed by atoms with Crippen LogP contribution in [0.4, 0.5) is 0 Å². The standard InChI is InChI=1S/C22H23N3O8S/c1-4-8-32-15-7-5-6-14(9-15)12-24-16-10-18-19(33-22(28)23(18)2)11-17(16)25(21(24)27)34(29,30)13-20(26)31-3/h5-7,9-11H,4,8,12-13H2,1-3H3. The molecule has 2 aromatic carbocycles. The summed E-state index contributed by atoms with van der Waals surface area (Å²) in [6, 6.07) is 9.93. The van der Waals surface area contributed by atoms with Crippen LogP contribution in [0.25, 0.3) is 22.1 Å². The normalized spacial score (nSPS) is 11.9. The molecule has 4 aromatic rings. The van der Waals surface area contributed by atoms with E-state index in [4.69, 9.17) is 9.15 Å². The van der Waals surface area contributed by atoms with Gasteiger partial charge in [-0.3, -0.25) is 13.9 Å². The number of fused-ring (bicyclic) bond motifs is 2. The van der Waals surface area contributed by atoms with E-state index in [0.717, 1.165) is 13.5 Å². The monoisotopic (exact) mass is 489 g/mol. The number of aryl methyl sites for hydroxylation is 1. The molecule has 0 bridgehead atoms. The van der Waals surface area contributed by atoms with E-state index >= 15 is 0 Å². The molecule has 4 rings (SSSR count). The van der Waals surface area contributed by atoms with E-state index in [0.29, 0.717) is 27.4 Å². The van der Waals surface area contributed by atoms with Gasteiger partial charge in [-0.25, -0.2) is 18.0 Å². The SMILES string of the molecule is CCCOc1cccc(Cn2c(=O)n(S(=O)(=O)CC(=O)OC)c3cc4oc(=O)n(C)c4cc32)c1. The highest BCUT2D eigenvalue weighted by Crippen LogP contribution is 2.24. The number of benzene rings is 2. The van der Waals surface area contributed by atoms with Gasteiger partial charge in [0.05, 0.1) is 36.8 Å². The Morgan fingerprint density at radius 1 is 1.09 bits per heavy atom. The molecule has 0 atom stereocenters. The zero-order chi connectivity index (χ0) is 24.6. The molecule has 0 fully saturated rings. The lowest BCUT2D eigenvalue weighted by Gasteiger charge is -2.08. The second kappa shape index (κ2) is 8.86. The van der Waals surface area contributed by atoms with Gasteiger partial charge in [-0.1, -0.05) is 19.1 Å². The van der Waals surface area contributed by atoms with E-state index in [1.54, 1.807) is 24.3 Å². The van der Waals surface area contributed by atoms with Gasteiger partial charge in [0, 0.05) is 13.1 Å². The summed E-state index contributed by atoms with van der Waals surface area (Å²) in [5.41, 5.74) is 0.553. The maximum Gasteiger partial charge on any atom is 0.419 e. The highest BCUT2D eigenvalue weighted by atomic mass is 32.2. The zero-order valence-electron chi connectivity index (χ0n) is 18.8. The Balaban J connectivity index is 1.95. The minimum Gasteiger partial charge on any atom is -0.494 e. The van der Waals surface area contributed by atoms with E-state index in [2.05, 4.69) is 4.74 Å². The Labute approximate surface area is 193 Å². The van der Waals surface area contributed by atoms with E-state index in [1.807, 2.05) is 6.92 Å². The van der Waals surface area contributed by atoms with Crippen molar-refractivity contribution in [3.05, 3.63) is 63.0 Å². The number of rotatable bonds is 8. The lowest BCUT2D eigenvalue weighted by Crippen LogP contribution is -2.33. The Bertz CT molecular complexity index is 1620. The molecule has 0 aliphatic heterocycles. The number of methoxy groups -OCH3 is 1. The van der Waals surface area contributed by atoms with Gasteiger partial charge in [-0.2, -0.15) is 3.97 Å². The molecule has 0 aliphatic rings. The van der Waals surface area contributed by atoms with Crippen LogP contribution >= 0.6 is 0 Å². The number of esters is 1. The van der Waals surface area contributed by atoms with Crippen LogP contribution in [0.15, 0.2) is 50.4 Å². The Hall–Kier alpha value is -3.80. The molecule has 0 saturated carbocycles. The third-order valence-corrected chi connectivity index (χ3v) is 6.83. The first-order valence-electron chi connectivity index (χ1n) is 10.4. The van der Waals surface area contributed by atoms with E-state index in [1.165, 1.54) is 28.3 Å². The Morgan fingerprint density at radius 3 is 2.56 bits per heavy atom. The molecule has 0 amide bonds.